The third-order valence-electron chi connectivity index (χ3n) is 6.27. The topological polar surface area (TPSA) is 75.1 Å². The van der Waals surface area contributed by atoms with E-state index in [4.69, 9.17) is 9.72 Å². The molecule has 0 radical (unpaired) electrons. The van der Waals surface area contributed by atoms with Gasteiger partial charge in [0, 0.05) is 56.9 Å². The largest absolute Gasteiger partial charge is 0.481 e. The highest BCUT2D eigenvalue weighted by atomic mass is 32.1. The Balaban J connectivity index is 1.11. The fourth-order valence-electron chi connectivity index (χ4n) is 4.45. The molecule has 1 aliphatic rings. The van der Waals surface area contributed by atoms with Gasteiger partial charge < -0.3 is 19.2 Å². The van der Waals surface area contributed by atoms with Crippen molar-refractivity contribution in [3.8, 4) is 17.4 Å². The van der Waals surface area contributed by atoms with Crippen molar-refractivity contribution >= 4 is 38.4 Å². The van der Waals surface area contributed by atoms with Gasteiger partial charge in [-0.15, -0.1) is 11.3 Å². The summed E-state index contributed by atoms with van der Waals surface area (Å²) >= 11 is 1.69. The lowest BCUT2D eigenvalue weighted by molar-refractivity contribution is 0.249. The Morgan fingerprint density at radius 2 is 1.88 bits per heavy atom. The van der Waals surface area contributed by atoms with Crippen LogP contribution in [0.3, 0.4) is 0 Å². The second-order valence-electron chi connectivity index (χ2n) is 8.21. The lowest BCUT2D eigenvalue weighted by Crippen LogP contribution is -2.47. The zero-order valence-corrected chi connectivity index (χ0v) is 19.3. The second-order valence-corrected chi connectivity index (χ2v) is 9.05. The van der Waals surface area contributed by atoms with Gasteiger partial charge >= 0.3 is 0 Å². The van der Waals surface area contributed by atoms with Crippen LogP contribution in [0.5, 0.6) is 5.88 Å². The fraction of sp³-hybridized carbons (Fsp3) is 0.292. The van der Waals surface area contributed by atoms with Crippen molar-refractivity contribution in [1.29, 1.82) is 0 Å². The summed E-state index contributed by atoms with van der Waals surface area (Å²) in [5.41, 5.74) is 5.86. The molecule has 0 amide bonds. The van der Waals surface area contributed by atoms with Gasteiger partial charge in [-0.2, -0.15) is 4.98 Å². The number of aromatic amines is 1. The summed E-state index contributed by atoms with van der Waals surface area (Å²) in [5, 5.41) is 2.34. The van der Waals surface area contributed by atoms with Crippen LogP contribution in [0, 0.1) is 0 Å². The van der Waals surface area contributed by atoms with E-state index in [1.54, 1.807) is 18.4 Å². The van der Waals surface area contributed by atoms with Crippen LogP contribution < -0.4 is 9.64 Å². The van der Waals surface area contributed by atoms with Gasteiger partial charge in [-0.05, 0) is 24.3 Å². The summed E-state index contributed by atoms with van der Waals surface area (Å²) in [5.74, 6) is 1.50. The van der Waals surface area contributed by atoms with E-state index in [9.17, 15) is 0 Å². The molecule has 5 heterocycles. The normalized spacial score (nSPS) is 15.0. The predicted octanol–water partition coefficient (Wildman–Crippen LogP) is 3.87. The summed E-state index contributed by atoms with van der Waals surface area (Å²) < 4.78 is 7.51. The average Bonchev–Trinajstić information content (AvgIpc) is 3.60. The first-order valence-electron chi connectivity index (χ1n) is 11.1. The highest BCUT2D eigenvalue weighted by molar-refractivity contribution is 7.14. The highest BCUT2D eigenvalue weighted by Gasteiger charge is 2.23. The van der Waals surface area contributed by atoms with E-state index in [2.05, 4.69) is 53.7 Å². The molecule has 1 N–H and O–H groups in total. The van der Waals surface area contributed by atoms with Gasteiger partial charge in [-0.1, -0.05) is 12.1 Å². The van der Waals surface area contributed by atoms with Crippen molar-refractivity contribution < 1.29 is 4.74 Å². The summed E-state index contributed by atoms with van der Waals surface area (Å²) in [7, 11) is 1.66. The molecule has 0 spiro atoms. The monoisotopic (exact) mass is 459 g/mol. The molecule has 0 bridgehead atoms. The van der Waals surface area contributed by atoms with E-state index in [0.717, 1.165) is 72.9 Å². The Morgan fingerprint density at radius 3 is 2.73 bits per heavy atom. The number of aromatic nitrogens is 5. The number of piperazine rings is 1. The Hall–Kier alpha value is -3.43. The molecule has 9 heteroatoms. The smallest absolute Gasteiger partial charge is 0.214 e. The van der Waals surface area contributed by atoms with Crippen LogP contribution in [-0.2, 0) is 6.54 Å². The summed E-state index contributed by atoms with van der Waals surface area (Å²) in [6, 6.07) is 14.2. The lowest BCUT2D eigenvalue weighted by atomic mass is 10.3. The molecular weight excluding hydrogens is 434 g/mol. The molecule has 0 unspecified atom stereocenters. The number of hydrogen-bond donors (Lipinski definition) is 1. The molecule has 0 atom stereocenters. The number of ether oxygens (including phenoxy) is 1. The Kier molecular flexibility index (Phi) is 5.20. The average molecular weight is 460 g/mol. The molecule has 6 rings (SSSR count). The zero-order chi connectivity index (χ0) is 22.2. The first-order valence-corrected chi connectivity index (χ1v) is 12.0. The van der Waals surface area contributed by atoms with Crippen LogP contribution in [0.25, 0.3) is 33.6 Å². The van der Waals surface area contributed by atoms with Crippen molar-refractivity contribution in [2.45, 2.75) is 6.54 Å². The summed E-state index contributed by atoms with van der Waals surface area (Å²) in [6.07, 6.45) is 2.12. The molecule has 5 aromatic rings. The van der Waals surface area contributed by atoms with Gasteiger partial charge in [0.15, 0.2) is 5.82 Å². The molecule has 1 aromatic carbocycles. The first-order chi connectivity index (χ1) is 16.3. The third-order valence-corrected chi connectivity index (χ3v) is 7.16. The van der Waals surface area contributed by atoms with Gasteiger partial charge in [0.05, 0.1) is 23.7 Å². The number of hydrogen-bond acceptors (Lipinski definition) is 7. The number of anilines is 1. The number of benzene rings is 1. The van der Waals surface area contributed by atoms with Crippen molar-refractivity contribution in [3.63, 3.8) is 0 Å². The van der Waals surface area contributed by atoms with Crippen molar-refractivity contribution in [2.24, 2.45) is 0 Å². The molecule has 168 valence electrons. The van der Waals surface area contributed by atoms with E-state index in [-0.39, 0.29) is 0 Å². The van der Waals surface area contributed by atoms with Crippen LogP contribution in [0.2, 0.25) is 0 Å². The Morgan fingerprint density at radius 1 is 1.00 bits per heavy atom. The summed E-state index contributed by atoms with van der Waals surface area (Å²) in [6.45, 7) is 5.91. The van der Waals surface area contributed by atoms with E-state index in [1.165, 1.54) is 5.00 Å². The number of methoxy groups -OCH3 is 1. The molecule has 0 saturated carbocycles. The molecule has 33 heavy (non-hydrogen) atoms. The quantitative estimate of drug-likeness (QED) is 0.416. The number of imidazole rings is 1. The van der Waals surface area contributed by atoms with Crippen molar-refractivity contribution in [2.75, 3.05) is 44.7 Å². The maximum atomic E-state index is 5.30. The Bertz CT molecular complexity index is 1360. The number of para-hydroxylation sites is 2. The number of H-pyrrole nitrogens is 1. The van der Waals surface area contributed by atoms with E-state index in [1.807, 2.05) is 29.8 Å². The van der Waals surface area contributed by atoms with Gasteiger partial charge in [-0.3, -0.25) is 4.90 Å². The van der Waals surface area contributed by atoms with Crippen LogP contribution in [0.1, 0.15) is 0 Å². The SMILES string of the molecule is COc1ccc2ccn(CCN3CCN(c4scnc4-c4nc5ccccc5[nH]4)CC3)c2n1. The third kappa shape index (κ3) is 3.83. The molecule has 1 fully saturated rings. The molecule has 8 nitrogen and oxygen atoms in total. The Labute approximate surface area is 195 Å². The minimum atomic E-state index is 0.654. The van der Waals surface area contributed by atoms with Gasteiger partial charge in [0.2, 0.25) is 5.88 Å². The maximum absolute atomic E-state index is 5.30. The number of fused-ring (bicyclic) bond motifs is 2. The van der Waals surface area contributed by atoms with Crippen molar-refractivity contribution in [3.05, 3.63) is 54.2 Å². The van der Waals surface area contributed by atoms with Crippen LogP contribution in [-0.4, -0.2) is 69.2 Å². The molecule has 1 saturated heterocycles. The highest BCUT2D eigenvalue weighted by Crippen LogP contribution is 2.33. The number of nitrogens with zero attached hydrogens (tertiary/aromatic N) is 6. The van der Waals surface area contributed by atoms with Crippen LogP contribution in [0.4, 0.5) is 5.00 Å². The van der Waals surface area contributed by atoms with Crippen molar-refractivity contribution in [1.82, 2.24) is 29.4 Å². The number of pyridine rings is 1. The number of rotatable bonds is 6. The molecular formula is C24H25N7OS. The molecule has 0 aliphatic carbocycles. The predicted molar refractivity (Wildman–Crippen MR) is 132 cm³/mol. The molecule has 1 aliphatic heterocycles. The second kappa shape index (κ2) is 8.49. The zero-order valence-electron chi connectivity index (χ0n) is 18.4. The van der Waals surface area contributed by atoms with Gasteiger partial charge in [0.1, 0.15) is 16.3 Å². The molecule has 4 aromatic heterocycles. The minimum absolute atomic E-state index is 0.654. The number of thiazole rings is 1. The maximum Gasteiger partial charge on any atom is 0.214 e. The van der Waals surface area contributed by atoms with E-state index < -0.39 is 0 Å². The van der Waals surface area contributed by atoms with E-state index >= 15 is 0 Å². The van der Waals surface area contributed by atoms with Gasteiger partial charge in [0.25, 0.3) is 0 Å². The lowest BCUT2D eigenvalue weighted by Gasteiger charge is -2.35. The first kappa shape index (κ1) is 20.2. The standard InChI is InChI=1S/C24H25N7OS/c1-32-20-7-6-17-8-9-30(23(17)28-20)13-10-29-11-14-31(15-12-29)24-21(25-16-33-24)22-26-18-4-2-3-5-19(18)27-22/h2-9,16H,10-15H2,1H3,(H,26,27). The number of nitrogens with one attached hydrogen (secondary N) is 1. The summed E-state index contributed by atoms with van der Waals surface area (Å²) in [4.78, 5) is 22.4. The van der Waals surface area contributed by atoms with Crippen LogP contribution in [0.15, 0.2) is 54.2 Å². The minimum Gasteiger partial charge on any atom is -0.481 e. The van der Waals surface area contributed by atoms with E-state index in [0.29, 0.717) is 5.88 Å². The fourth-order valence-corrected chi connectivity index (χ4v) is 5.30. The van der Waals surface area contributed by atoms with Gasteiger partial charge in [-0.25, -0.2) is 9.97 Å². The van der Waals surface area contributed by atoms with Crippen LogP contribution >= 0.6 is 11.3 Å².